The lowest BCUT2D eigenvalue weighted by molar-refractivity contribution is -0.137. The number of nitrogens with zero attached hydrogens (tertiary/aromatic N) is 1. The van der Waals surface area contributed by atoms with Crippen LogP contribution in [-0.4, -0.2) is 24.7 Å². The molecule has 0 atom stereocenters. The Morgan fingerprint density at radius 3 is 2.87 bits per heavy atom. The maximum Gasteiger partial charge on any atom is 0.303 e. The van der Waals surface area contributed by atoms with E-state index in [2.05, 4.69) is 0 Å². The maximum atomic E-state index is 12.9. The average molecular weight is 211 g/mol. The van der Waals surface area contributed by atoms with E-state index in [1.54, 1.807) is 12.1 Å². The molecule has 0 fully saturated rings. The molecule has 0 aliphatic heterocycles. The molecule has 0 unspecified atom stereocenters. The van der Waals surface area contributed by atoms with Crippen LogP contribution in [0.4, 0.5) is 10.1 Å². The molecule has 0 radical (unpaired) electrons. The molecule has 0 saturated heterocycles. The summed E-state index contributed by atoms with van der Waals surface area (Å²) in [7, 11) is 1.82. The number of hydrogen-bond acceptors (Lipinski definition) is 2. The summed E-state index contributed by atoms with van der Waals surface area (Å²) in [5, 5.41) is 8.46. The number of rotatable bonds is 5. The van der Waals surface area contributed by atoms with E-state index in [0.717, 1.165) is 5.69 Å². The molecule has 0 saturated carbocycles. The van der Waals surface area contributed by atoms with Crippen molar-refractivity contribution in [2.45, 2.75) is 12.8 Å². The van der Waals surface area contributed by atoms with E-state index >= 15 is 0 Å². The Morgan fingerprint density at radius 1 is 1.53 bits per heavy atom. The fraction of sp³-hybridized carbons (Fsp3) is 0.364. The second-order valence-corrected chi connectivity index (χ2v) is 3.40. The molecule has 0 heterocycles. The van der Waals surface area contributed by atoms with E-state index in [9.17, 15) is 9.18 Å². The van der Waals surface area contributed by atoms with Crippen molar-refractivity contribution in [2.24, 2.45) is 0 Å². The zero-order valence-electron chi connectivity index (χ0n) is 8.61. The summed E-state index contributed by atoms with van der Waals surface area (Å²) in [6.45, 7) is 0.607. The van der Waals surface area contributed by atoms with Gasteiger partial charge >= 0.3 is 5.97 Å². The van der Waals surface area contributed by atoms with Gasteiger partial charge in [0.1, 0.15) is 5.82 Å². The summed E-state index contributed by atoms with van der Waals surface area (Å²) in [6, 6.07) is 6.25. The first kappa shape index (κ1) is 11.5. The van der Waals surface area contributed by atoms with E-state index in [-0.39, 0.29) is 12.2 Å². The monoisotopic (exact) mass is 211 g/mol. The number of halogens is 1. The SMILES string of the molecule is CN(CCCC(=O)O)c1cccc(F)c1. The van der Waals surface area contributed by atoms with E-state index in [1.807, 2.05) is 11.9 Å². The highest BCUT2D eigenvalue weighted by Gasteiger charge is 2.03. The van der Waals surface area contributed by atoms with Crippen molar-refractivity contribution >= 4 is 11.7 Å². The van der Waals surface area contributed by atoms with Crippen molar-refractivity contribution in [3.05, 3.63) is 30.1 Å². The van der Waals surface area contributed by atoms with Gasteiger partial charge in [-0.15, -0.1) is 0 Å². The molecular weight excluding hydrogens is 197 g/mol. The van der Waals surface area contributed by atoms with Gasteiger partial charge in [0.25, 0.3) is 0 Å². The van der Waals surface area contributed by atoms with Gasteiger partial charge in [0.15, 0.2) is 0 Å². The lowest BCUT2D eigenvalue weighted by atomic mass is 10.2. The van der Waals surface area contributed by atoms with Crippen molar-refractivity contribution in [1.82, 2.24) is 0 Å². The summed E-state index contributed by atoms with van der Waals surface area (Å²) in [4.78, 5) is 12.1. The Labute approximate surface area is 88.1 Å². The third-order valence-electron chi connectivity index (χ3n) is 2.13. The van der Waals surface area contributed by atoms with Crippen molar-refractivity contribution in [3.63, 3.8) is 0 Å². The van der Waals surface area contributed by atoms with Gasteiger partial charge < -0.3 is 10.0 Å². The third-order valence-corrected chi connectivity index (χ3v) is 2.13. The Morgan fingerprint density at radius 2 is 2.27 bits per heavy atom. The van der Waals surface area contributed by atoms with E-state index in [0.29, 0.717) is 13.0 Å². The fourth-order valence-electron chi connectivity index (χ4n) is 1.31. The van der Waals surface area contributed by atoms with E-state index in [4.69, 9.17) is 5.11 Å². The molecule has 0 aromatic heterocycles. The van der Waals surface area contributed by atoms with Crippen LogP contribution in [0.3, 0.4) is 0 Å². The second-order valence-electron chi connectivity index (χ2n) is 3.40. The molecule has 1 N–H and O–H groups in total. The highest BCUT2D eigenvalue weighted by atomic mass is 19.1. The molecule has 15 heavy (non-hydrogen) atoms. The molecule has 1 rings (SSSR count). The molecule has 0 aliphatic carbocycles. The van der Waals surface area contributed by atoms with Gasteiger partial charge in [-0.25, -0.2) is 4.39 Å². The molecule has 3 nitrogen and oxygen atoms in total. The van der Waals surface area contributed by atoms with Crippen LogP contribution in [0.25, 0.3) is 0 Å². The summed E-state index contributed by atoms with van der Waals surface area (Å²) < 4.78 is 12.9. The van der Waals surface area contributed by atoms with Crippen LogP contribution in [0.1, 0.15) is 12.8 Å². The molecule has 82 valence electrons. The van der Waals surface area contributed by atoms with Crippen LogP contribution in [0.5, 0.6) is 0 Å². The van der Waals surface area contributed by atoms with Gasteiger partial charge in [0.2, 0.25) is 0 Å². The van der Waals surface area contributed by atoms with Gasteiger partial charge in [-0.3, -0.25) is 4.79 Å². The fourth-order valence-corrected chi connectivity index (χ4v) is 1.31. The topological polar surface area (TPSA) is 40.5 Å². The first-order valence-corrected chi connectivity index (χ1v) is 4.78. The Kier molecular flexibility index (Phi) is 4.09. The molecule has 0 spiro atoms. The first-order chi connectivity index (χ1) is 7.09. The van der Waals surface area contributed by atoms with Crippen LogP contribution in [0.15, 0.2) is 24.3 Å². The van der Waals surface area contributed by atoms with E-state index < -0.39 is 5.97 Å². The normalized spacial score (nSPS) is 10.0. The van der Waals surface area contributed by atoms with Crippen molar-refractivity contribution in [2.75, 3.05) is 18.5 Å². The third kappa shape index (κ3) is 3.97. The summed E-state index contributed by atoms with van der Waals surface area (Å²) in [6.07, 6.45) is 0.696. The zero-order chi connectivity index (χ0) is 11.3. The lowest BCUT2D eigenvalue weighted by Crippen LogP contribution is -2.19. The van der Waals surface area contributed by atoms with Crippen LogP contribution < -0.4 is 4.90 Å². The molecule has 4 heteroatoms. The van der Waals surface area contributed by atoms with Crippen LogP contribution in [0.2, 0.25) is 0 Å². The van der Waals surface area contributed by atoms with Crippen LogP contribution >= 0.6 is 0 Å². The minimum absolute atomic E-state index is 0.139. The number of hydrogen-bond donors (Lipinski definition) is 1. The first-order valence-electron chi connectivity index (χ1n) is 4.78. The minimum atomic E-state index is -0.803. The molecule has 1 aromatic carbocycles. The number of benzene rings is 1. The number of anilines is 1. The van der Waals surface area contributed by atoms with Crippen LogP contribution in [0, 0.1) is 5.82 Å². The Hall–Kier alpha value is -1.58. The number of carboxylic acid groups (broad SMARTS) is 1. The molecule has 0 bridgehead atoms. The van der Waals surface area contributed by atoms with Gasteiger partial charge in [-0.1, -0.05) is 6.07 Å². The van der Waals surface area contributed by atoms with Gasteiger partial charge in [-0.2, -0.15) is 0 Å². The number of carboxylic acids is 1. The molecular formula is C11H14FNO2. The van der Waals surface area contributed by atoms with Crippen molar-refractivity contribution in [1.29, 1.82) is 0 Å². The minimum Gasteiger partial charge on any atom is -0.481 e. The van der Waals surface area contributed by atoms with E-state index in [1.165, 1.54) is 12.1 Å². The Bertz CT molecular complexity index is 341. The van der Waals surface area contributed by atoms with Gasteiger partial charge in [-0.05, 0) is 24.6 Å². The molecule has 0 amide bonds. The smallest absolute Gasteiger partial charge is 0.303 e. The zero-order valence-corrected chi connectivity index (χ0v) is 8.61. The predicted molar refractivity (Wildman–Crippen MR) is 56.5 cm³/mol. The van der Waals surface area contributed by atoms with Crippen molar-refractivity contribution in [3.8, 4) is 0 Å². The van der Waals surface area contributed by atoms with Crippen LogP contribution in [-0.2, 0) is 4.79 Å². The average Bonchev–Trinajstić information content (AvgIpc) is 2.17. The number of carbonyl (C=O) groups is 1. The molecule has 0 aliphatic rings. The predicted octanol–water partition coefficient (Wildman–Crippen LogP) is 2.13. The summed E-state index contributed by atoms with van der Waals surface area (Å²) in [5.74, 6) is -1.08. The highest BCUT2D eigenvalue weighted by Crippen LogP contribution is 2.14. The lowest BCUT2D eigenvalue weighted by Gasteiger charge is -2.18. The summed E-state index contributed by atoms with van der Waals surface area (Å²) >= 11 is 0. The quantitative estimate of drug-likeness (QED) is 0.811. The maximum absolute atomic E-state index is 12.9. The van der Waals surface area contributed by atoms with Gasteiger partial charge in [0, 0.05) is 25.7 Å². The second kappa shape index (κ2) is 5.34. The standard InChI is InChI=1S/C11H14FNO2/c1-13(7-3-6-11(14)15)10-5-2-4-9(12)8-10/h2,4-5,8H,3,6-7H2,1H3,(H,14,15). The van der Waals surface area contributed by atoms with Crippen molar-refractivity contribution < 1.29 is 14.3 Å². The Balaban J connectivity index is 2.46. The highest BCUT2D eigenvalue weighted by molar-refractivity contribution is 5.66. The number of aliphatic carboxylic acids is 1. The van der Waals surface area contributed by atoms with Gasteiger partial charge in [0.05, 0.1) is 0 Å². The molecule has 1 aromatic rings. The summed E-state index contributed by atoms with van der Waals surface area (Å²) in [5.41, 5.74) is 0.764. The largest absolute Gasteiger partial charge is 0.481 e.